The monoisotopic (exact) mass is 597 g/mol. The van der Waals surface area contributed by atoms with E-state index in [0.717, 1.165) is 16.7 Å². The van der Waals surface area contributed by atoms with E-state index in [1.165, 1.54) is 9.21 Å². The molecule has 222 valence electrons. The minimum atomic E-state index is -4.03. The van der Waals surface area contributed by atoms with E-state index in [2.05, 4.69) is 5.32 Å². The highest BCUT2D eigenvalue weighted by atomic mass is 32.2. The molecule has 4 aromatic rings. The van der Waals surface area contributed by atoms with Crippen LogP contribution in [-0.4, -0.2) is 50.3 Å². The Hall–Kier alpha value is -4.47. The van der Waals surface area contributed by atoms with Gasteiger partial charge < -0.3 is 15.0 Å². The molecule has 43 heavy (non-hydrogen) atoms. The highest BCUT2D eigenvalue weighted by Crippen LogP contribution is 2.34. The lowest BCUT2D eigenvalue weighted by atomic mass is 10.1. The van der Waals surface area contributed by atoms with Gasteiger partial charge in [-0.2, -0.15) is 4.31 Å². The predicted molar refractivity (Wildman–Crippen MR) is 166 cm³/mol. The number of nitrogens with zero attached hydrogens (tertiary/aromatic N) is 2. The summed E-state index contributed by atoms with van der Waals surface area (Å²) in [5.41, 5.74) is 3.81. The van der Waals surface area contributed by atoms with Crippen molar-refractivity contribution in [3.05, 3.63) is 125 Å². The summed E-state index contributed by atoms with van der Waals surface area (Å²) in [4.78, 5) is 28.8. The van der Waals surface area contributed by atoms with Crippen LogP contribution in [0, 0.1) is 13.8 Å². The summed E-state index contributed by atoms with van der Waals surface area (Å²) >= 11 is 0. The van der Waals surface area contributed by atoms with Gasteiger partial charge in [0.2, 0.25) is 15.9 Å². The van der Waals surface area contributed by atoms with E-state index in [-0.39, 0.29) is 23.9 Å². The smallest absolute Gasteiger partial charge is 0.263 e. The molecule has 8 nitrogen and oxygen atoms in total. The number of rotatable bonds is 10. The molecular formula is C34H35N3O5S. The van der Waals surface area contributed by atoms with Crippen molar-refractivity contribution in [2.24, 2.45) is 0 Å². The SMILES string of the molecule is Cc1ccc(C)c(S(=O)(=O)N(CCc2ccccc2)CC(=O)N2CC(C(=O)NCc3ccccc3)Oc3ccccc32)c1. The second kappa shape index (κ2) is 13.2. The molecule has 0 radical (unpaired) electrons. The van der Waals surface area contributed by atoms with Crippen LogP contribution >= 0.6 is 0 Å². The molecule has 0 aromatic heterocycles. The summed E-state index contributed by atoms with van der Waals surface area (Å²) in [6, 6.07) is 31.3. The summed E-state index contributed by atoms with van der Waals surface area (Å²) < 4.78 is 35.3. The number of hydrogen-bond acceptors (Lipinski definition) is 5. The Morgan fingerprint density at radius 2 is 1.53 bits per heavy atom. The Morgan fingerprint density at radius 3 is 2.26 bits per heavy atom. The van der Waals surface area contributed by atoms with Crippen molar-refractivity contribution in [3.8, 4) is 5.75 Å². The fourth-order valence-corrected chi connectivity index (χ4v) is 6.75. The third-order valence-electron chi connectivity index (χ3n) is 7.44. The van der Waals surface area contributed by atoms with Crippen LogP contribution in [0.25, 0.3) is 0 Å². The molecule has 1 atom stereocenters. The minimum Gasteiger partial charge on any atom is -0.477 e. The van der Waals surface area contributed by atoms with E-state index in [1.807, 2.05) is 73.7 Å². The quantitative estimate of drug-likeness (QED) is 0.287. The maximum absolute atomic E-state index is 14.0. The van der Waals surface area contributed by atoms with Gasteiger partial charge >= 0.3 is 0 Å². The number of amides is 2. The largest absolute Gasteiger partial charge is 0.477 e. The number of carbonyl (C=O) groups is 2. The third kappa shape index (κ3) is 7.13. The van der Waals surface area contributed by atoms with E-state index in [0.29, 0.717) is 30.0 Å². The predicted octanol–water partition coefficient (Wildman–Crippen LogP) is 4.65. The van der Waals surface area contributed by atoms with E-state index >= 15 is 0 Å². The van der Waals surface area contributed by atoms with E-state index in [9.17, 15) is 18.0 Å². The highest BCUT2D eigenvalue weighted by Gasteiger charge is 2.36. The normalized spacial score (nSPS) is 14.6. The first-order chi connectivity index (χ1) is 20.7. The first-order valence-corrected chi connectivity index (χ1v) is 15.7. The lowest BCUT2D eigenvalue weighted by Crippen LogP contribution is -2.53. The van der Waals surface area contributed by atoms with Gasteiger partial charge in [0.15, 0.2) is 6.10 Å². The molecule has 2 amide bonds. The molecule has 1 heterocycles. The van der Waals surface area contributed by atoms with Crippen LogP contribution in [0.3, 0.4) is 0 Å². The van der Waals surface area contributed by atoms with E-state index < -0.39 is 28.6 Å². The van der Waals surface area contributed by atoms with Crippen molar-refractivity contribution in [1.29, 1.82) is 0 Å². The molecular weight excluding hydrogens is 562 g/mol. The lowest BCUT2D eigenvalue weighted by Gasteiger charge is -2.35. The van der Waals surface area contributed by atoms with Crippen molar-refractivity contribution >= 4 is 27.5 Å². The van der Waals surface area contributed by atoms with Crippen LogP contribution < -0.4 is 15.0 Å². The maximum Gasteiger partial charge on any atom is 0.263 e. The molecule has 1 N–H and O–H groups in total. The Kier molecular flexibility index (Phi) is 9.23. The van der Waals surface area contributed by atoms with Crippen molar-refractivity contribution in [2.45, 2.75) is 37.8 Å². The zero-order chi connectivity index (χ0) is 30.4. The number of sulfonamides is 1. The molecule has 0 spiro atoms. The van der Waals surface area contributed by atoms with Gasteiger partial charge in [-0.25, -0.2) is 8.42 Å². The van der Waals surface area contributed by atoms with Gasteiger partial charge in [0.05, 0.1) is 23.7 Å². The number of fused-ring (bicyclic) bond motifs is 1. The van der Waals surface area contributed by atoms with Crippen LogP contribution in [0.2, 0.25) is 0 Å². The zero-order valence-electron chi connectivity index (χ0n) is 24.3. The van der Waals surface area contributed by atoms with Crippen molar-refractivity contribution in [1.82, 2.24) is 9.62 Å². The average molecular weight is 598 g/mol. The van der Waals surface area contributed by atoms with Gasteiger partial charge in [-0.15, -0.1) is 0 Å². The van der Waals surface area contributed by atoms with E-state index in [4.69, 9.17) is 4.74 Å². The van der Waals surface area contributed by atoms with Crippen molar-refractivity contribution in [3.63, 3.8) is 0 Å². The fourth-order valence-electron chi connectivity index (χ4n) is 5.05. The first-order valence-electron chi connectivity index (χ1n) is 14.2. The molecule has 0 bridgehead atoms. The maximum atomic E-state index is 14.0. The molecule has 5 rings (SSSR count). The molecule has 1 aliphatic heterocycles. The molecule has 0 fully saturated rings. The average Bonchev–Trinajstić information content (AvgIpc) is 3.03. The van der Waals surface area contributed by atoms with Gasteiger partial charge in [0.25, 0.3) is 5.91 Å². The molecule has 0 saturated carbocycles. The van der Waals surface area contributed by atoms with Gasteiger partial charge in [-0.3, -0.25) is 9.59 Å². The number of aryl methyl sites for hydroxylation is 2. The Morgan fingerprint density at radius 1 is 0.884 bits per heavy atom. The number of anilines is 1. The lowest BCUT2D eigenvalue weighted by molar-refractivity contribution is -0.128. The number of ether oxygens (including phenoxy) is 1. The van der Waals surface area contributed by atoms with Crippen LogP contribution in [0.4, 0.5) is 5.69 Å². The van der Waals surface area contributed by atoms with Crippen LogP contribution in [-0.2, 0) is 32.6 Å². The highest BCUT2D eigenvalue weighted by molar-refractivity contribution is 7.89. The van der Waals surface area contributed by atoms with Gasteiger partial charge in [-0.05, 0) is 60.7 Å². The Bertz CT molecular complexity index is 1690. The number of benzene rings is 4. The summed E-state index contributed by atoms with van der Waals surface area (Å²) in [5, 5.41) is 2.89. The summed E-state index contributed by atoms with van der Waals surface area (Å²) in [6.45, 7) is 3.57. The second-order valence-corrected chi connectivity index (χ2v) is 12.5. The van der Waals surface area contributed by atoms with Gasteiger partial charge in [0, 0.05) is 13.1 Å². The third-order valence-corrected chi connectivity index (χ3v) is 9.43. The van der Waals surface area contributed by atoms with Crippen molar-refractivity contribution in [2.75, 3.05) is 24.5 Å². The molecule has 4 aromatic carbocycles. The number of hydrogen-bond donors (Lipinski definition) is 1. The molecule has 9 heteroatoms. The van der Waals surface area contributed by atoms with Gasteiger partial charge in [0.1, 0.15) is 5.75 Å². The molecule has 0 aliphatic carbocycles. The summed E-state index contributed by atoms with van der Waals surface area (Å²) in [7, 11) is -4.03. The molecule has 1 aliphatic rings. The summed E-state index contributed by atoms with van der Waals surface area (Å²) in [5.74, 6) is -0.422. The van der Waals surface area contributed by atoms with E-state index in [1.54, 1.807) is 43.3 Å². The van der Waals surface area contributed by atoms with Crippen LogP contribution in [0.1, 0.15) is 22.3 Å². The summed E-state index contributed by atoms with van der Waals surface area (Å²) in [6.07, 6.45) is -0.529. The minimum absolute atomic E-state index is 0.0491. The first kappa shape index (κ1) is 30.0. The second-order valence-electron chi connectivity index (χ2n) is 10.6. The Balaban J connectivity index is 1.40. The van der Waals surface area contributed by atoms with Crippen LogP contribution in [0.15, 0.2) is 108 Å². The standard InChI is InChI=1S/C34H35N3O5S/c1-25-17-18-26(2)32(21-25)43(40,41)36(20-19-27-11-5-3-6-12-27)24-33(38)37-23-31(42-30-16-10-9-15-29(30)37)34(39)35-22-28-13-7-4-8-14-28/h3-18,21,31H,19-20,22-24H2,1-2H3,(H,35,39). The zero-order valence-corrected chi connectivity index (χ0v) is 25.1. The molecule has 1 unspecified atom stereocenters. The van der Waals surface area contributed by atoms with Crippen LogP contribution in [0.5, 0.6) is 5.75 Å². The Labute approximate surface area is 253 Å². The van der Waals surface area contributed by atoms with Gasteiger partial charge in [-0.1, -0.05) is 84.9 Å². The van der Waals surface area contributed by atoms with Crippen molar-refractivity contribution < 1.29 is 22.7 Å². The number of nitrogens with one attached hydrogen (secondary N) is 1. The fraction of sp³-hybridized carbons (Fsp3) is 0.235. The topological polar surface area (TPSA) is 96.0 Å². The number of para-hydroxylation sites is 2. The molecule has 0 saturated heterocycles. The number of carbonyl (C=O) groups excluding carboxylic acids is 2.